The second-order valence-electron chi connectivity index (χ2n) is 5.09. The summed E-state index contributed by atoms with van der Waals surface area (Å²) in [4.78, 5) is 13.3. The van der Waals surface area contributed by atoms with Crippen molar-refractivity contribution in [3.63, 3.8) is 0 Å². The summed E-state index contributed by atoms with van der Waals surface area (Å²) in [5.41, 5.74) is 1.04. The highest BCUT2D eigenvalue weighted by molar-refractivity contribution is 9.10. The highest BCUT2D eigenvalue weighted by Crippen LogP contribution is 2.17. The van der Waals surface area contributed by atoms with Crippen molar-refractivity contribution < 1.29 is 13.9 Å². The van der Waals surface area contributed by atoms with Gasteiger partial charge >= 0.3 is 6.09 Å². The van der Waals surface area contributed by atoms with E-state index in [4.69, 9.17) is 4.74 Å². The Bertz CT molecular complexity index is 496. The Morgan fingerprint density at radius 1 is 1.45 bits per heavy atom. The number of amides is 1. The number of carbonyl (C=O) groups is 1. The van der Waals surface area contributed by atoms with Crippen LogP contribution >= 0.6 is 28.3 Å². The van der Waals surface area contributed by atoms with E-state index < -0.39 is 0 Å². The molecule has 0 aliphatic carbocycles. The molecule has 1 fully saturated rings. The molecule has 124 valence electrons. The van der Waals surface area contributed by atoms with Gasteiger partial charge in [0.1, 0.15) is 5.82 Å². The number of nitrogens with zero attached hydrogens (tertiary/aromatic N) is 1. The van der Waals surface area contributed by atoms with Gasteiger partial charge in [0, 0.05) is 25.7 Å². The van der Waals surface area contributed by atoms with Crippen LogP contribution in [0.3, 0.4) is 0 Å². The molecule has 0 bridgehead atoms. The molecule has 22 heavy (non-hydrogen) atoms. The predicted molar refractivity (Wildman–Crippen MR) is 89.8 cm³/mol. The Kier molecular flexibility index (Phi) is 8.14. The van der Waals surface area contributed by atoms with E-state index in [0.717, 1.165) is 18.4 Å². The van der Waals surface area contributed by atoms with Gasteiger partial charge in [-0.05, 0) is 53.4 Å². The van der Waals surface area contributed by atoms with Gasteiger partial charge in [-0.1, -0.05) is 6.07 Å². The van der Waals surface area contributed by atoms with Crippen LogP contribution in [-0.4, -0.2) is 36.7 Å². The van der Waals surface area contributed by atoms with Gasteiger partial charge in [-0.15, -0.1) is 12.4 Å². The first-order valence-electron chi connectivity index (χ1n) is 7.19. The van der Waals surface area contributed by atoms with E-state index in [1.807, 2.05) is 6.92 Å². The smallest absolute Gasteiger partial charge is 0.409 e. The molecule has 1 aliphatic heterocycles. The van der Waals surface area contributed by atoms with Crippen LogP contribution in [0.2, 0.25) is 0 Å². The average Bonchev–Trinajstić information content (AvgIpc) is 2.49. The van der Waals surface area contributed by atoms with E-state index >= 15 is 0 Å². The Morgan fingerprint density at radius 3 is 2.73 bits per heavy atom. The number of benzene rings is 1. The van der Waals surface area contributed by atoms with Gasteiger partial charge in [0.2, 0.25) is 0 Å². The summed E-state index contributed by atoms with van der Waals surface area (Å²) in [7, 11) is 0. The summed E-state index contributed by atoms with van der Waals surface area (Å²) in [6.45, 7) is 4.35. The van der Waals surface area contributed by atoms with Crippen molar-refractivity contribution in [3.05, 3.63) is 34.1 Å². The lowest BCUT2D eigenvalue weighted by Gasteiger charge is -2.31. The minimum atomic E-state index is -0.249. The fourth-order valence-electron chi connectivity index (χ4n) is 2.39. The van der Waals surface area contributed by atoms with E-state index in [-0.39, 0.29) is 24.3 Å². The molecule has 7 heteroatoms. The molecular formula is C15H21BrClFN2O2. The van der Waals surface area contributed by atoms with Gasteiger partial charge < -0.3 is 15.0 Å². The third kappa shape index (κ3) is 5.41. The maximum absolute atomic E-state index is 13.2. The third-order valence-corrected chi connectivity index (χ3v) is 4.21. The van der Waals surface area contributed by atoms with Crippen molar-refractivity contribution in [2.24, 2.45) is 0 Å². The second-order valence-corrected chi connectivity index (χ2v) is 5.94. The van der Waals surface area contributed by atoms with Crippen LogP contribution in [0, 0.1) is 5.82 Å². The second kappa shape index (κ2) is 9.33. The number of rotatable bonds is 4. The SMILES string of the molecule is CCOC(=O)N1CCC(NCc2ccc(F)c(Br)c2)CC1.Cl. The molecule has 1 amide bonds. The minimum absolute atomic E-state index is 0. The number of nitrogens with one attached hydrogen (secondary N) is 1. The zero-order chi connectivity index (χ0) is 15.2. The molecule has 2 rings (SSSR count). The Labute approximate surface area is 144 Å². The maximum atomic E-state index is 13.2. The first-order valence-corrected chi connectivity index (χ1v) is 7.98. The quantitative estimate of drug-likeness (QED) is 0.845. The Morgan fingerprint density at radius 2 is 2.14 bits per heavy atom. The highest BCUT2D eigenvalue weighted by atomic mass is 79.9. The number of hydrogen-bond acceptors (Lipinski definition) is 3. The predicted octanol–water partition coefficient (Wildman–Crippen LogP) is 3.72. The van der Waals surface area contributed by atoms with E-state index in [2.05, 4.69) is 21.2 Å². The molecule has 1 heterocycles. The molecule has 1 aromatic carbocycles. The van der Waals surface area contributed by atoms with Gasteiger partial charge in [-0.2, -0.15) is 0 Å². The van der Waals surface area contributed by atoms with Gasteiger partial charge in [-0.25, -0.2) is 9.18 Å². The van der Waals surface area contributed by atoms with Crippen LogP contribution < -0.4 is 5.32 Å². The van der Waals surface area contributed by atoms with Crippen molar-refractivity contribution in [1.82, 2.24) is 10.2 Å². The summed E-state index contributed by atoms with van der Waals surface area (Å²) >= 11 is 3.19. The molecule has 1 aromatic rings. The van der Waals surface area contributed by atoms with Crippen LogP contribution in [0.1, 0.15) is 25.3 Å². The van der Waals surface area contributed by atoms with E-state index in [0.29, 0.717) is 36.8 Å². The summed E-state index contributed by atoms with van der Waals surface area (Å²) in [6, 6.07) is 5.40. The van der Waals surface area contributed by atoms with Crippen LogP contribution in [0.5, 0.6) is 0 Å². The molecule has 1 saturated heterocycles. The zero-order valence-electron chi connectivity index (χ0n) is 12.5. The molecule has 1 aliphatic rings. The largest absolute Gasteiger partial charge is 0.450 e. The number of halogens is 3. The minimum Gasteiger partial charge on any atom is -0.450 e. The standard InChI is InChI=1S/C15H20BrFN2O2.ClH/c1-2-21-15(20)19-7-5-12(6-8-19)18-10-11-3-4-14(17)13(16)9-11;/h3-4,9,12,18H,2,5-8,10H2,1H3;1H. The lowest BCUT2D eigenvalue weighted by molar-refractivity contribution is 0.0950. The topological polar surface area (TPSA) is 41.6 Å². The normalized spacial score (nSPS) is 15.3. The Balaban J connectivity index is 0.00000242. The van der Waals surface area contributed by atoms with Gasteiger partial charge in [0.05, 0.1) is 11.1 Å². The van der Waals surface area contributed by atoms with Crippen LogP contribution in [0.4, 0.5) is 9.18 Å². The third-order valence-electron chi connectivity index (χ3n) is 3.60. The Hall–Kier alpha value is -0.850. The van der Waals surface area contributed by atoms with E-state index in [1.165, 1.54) is 6.07 Å². The van der Waals surface area contributed by atoms with Gasteiger partial charge in [0.15, 0.2) is 0 Å². The monoisotopic (exact) mass is 394 g/mol. The first-order chi connectivity index (χ1) is 10.1. The van der Waals surface area contributed by atoms with Crippen molar-refractivity contribution >= 4 is 34.4 Å². The molecular weight excluding hydrogens is 375 g/mol. The number of ether oxygens (including phenoxy) is 1. The number of likely N-dealkylation sites (tertiary alicyclic amines) is 1. The van der Waals surface area contributed by atoms with Crippen LogP contribution in [-0.2, 0) is 11.3 Å². The fourth-order valence-corrected chi connectivity index (χ4v) is 2.82. The maximum Gasteiger partial charge on any atom is 0.409 e. The summed E-state index contributed by atoms with van der Waals surface area (Å²) in [6.07, 6.45) is 1.58. The van der Waals surface area contributed by atoms with Crippen LogP contribution in [0.15, 0.2) is 22.7 Å². The lowest BCUT2D eigenvalue weighted by Crippen LogP contribution is -2.44. The summed E-state index contributed by atoms with van der Waals surface area (Å²) in [5.74, 6) is -0.249. The average molecular weight is 396 g/mol. The number of hydrogen-bond donors (Lipinski definition) is 1. The van der Waals surface area contributed by atoms with Gasteiger partial charge in [-0.3, -0.25) is 0 Å². The molecule has 4 nitrogen and oxygen atoms in total. The summed E-state index contributed by atoms with van der Waals surface area (Å²) < 4.78 is 18.6. The molecule has 0 saturated carbocycles. The van der Waals surface area contributed by atoms with Crippen LogP contribution in [0.25, 0.3) is 0 Å². The number of carbonyl (C=O) groups excluding carboxylic acids is 1. The number of piperidine rings is 1. The van der Waals surface area contributed by atoms with Gasteiger partial charge in [0.25, 0.3) is 0 Å². The highest BCUT2D eigenvalue weighted by Gasteiger charge is 2.23. The molecule has 0 aromatic heterocycles. The lowest BCUT2D eigenvalue weighted by atomic mass is 10.0. The molecule has 0 radical (unpaired) electrons. The fraction of sp³-hybridized carbons (Fsp3) is 0.533. The van der Waals surface area contributed by atoms with E-state index in [1.54, 1.807) is 17.0 Å². The van der Waals surface area contributed by atoms with Crippen molar-refractivity contribution in [2.45, 2.75) is 32.4 Å². The molecule has 0 atom stereocenters. The van der Waals surface area contributed by atoms with E-state index in [9.17, 15) is 9.18 Å². The summed E-state index contributed by atoms with van der Waals surface area (Å²) in [5, 5.41) is 3.45. The molecule has 1 N–H and O–H groups in total. The zero-order valence-corrected chi connectivity index (χ0v) is 14.9. The first kappa shape index (κ1) is 19.2. The van der Waals surface area contributed by atoms with Crippen molar-refractivity contribution in [1.29, 1.82) is 0 Å². The van der Waals surface area contributed by atoms with Crippen molar-refractivity contribution in [2.75, 3.05) is 19.7 Å². The van der Waals surface area contributed by atoms with Crippen molar-refractivity contribution in [3.8, 4) is 0 Å². The molecule has 0 spiro atoms. The molecule has 0 unspecified atom stereocenters.